The first-order valence-electron chi connectivity index (χ1n) is 8.32. The second-order valence-electron chi connectivity index (χ2n) is 5.94. The van der Waals surface area contributed by atoms with Crippen LogP contribution in [-0.2, 0) is 12.3 Å². The van der Waals surface area contributed by atoms with Crippen LogP contribution in [0.3, 0.4) is 0 Å². The second kappa shape index (κ2) is 8.54. The summed E-state index contributed by atoms with van der Waals surface area (Å²) in [6.45, 7) is 2.60. The summed E-state index contributed by atoms with van der Waals surface area (Å²) in [5.41, 5.74) is 4.30. The number of hydrogen-bond acceptors (Lipinski definition) is 2. The lowest BCUT2D eigenvalue weighted by Crippen LogP contribution is -2.23. The zero-order valence-corrected chi connectivity index (χ0v) is 15.1. The summed E-state index contributed by atoms with van der Waals surface area (Å²) in [6, 6.07) is 26.3. The molecule has 3 aromatic carbocycles. The Morgan fingerprint density at radius 3 is 2.40 bits per heavy atom. The van der Waals surface area contributed by atoms with Gasteiger partial charge in [0.05, 0.1) is 5.56 Å². The molecule has 0 bridgehead atoms. The Kier molecular flexibility index (Phi) is 5.91. The number of rotatable bonds is 6. The highest BCUT2D eigenvalue weighted by Gasteiger charge is 2.11. The van der Waals surface area contributed by atoms with Crippen molar-refractivity contribution < 1.29 is 4.79 Å². The molecule has 0 unspecified atom stereocenters. The number of aryl methyl sites for hydroxylation is 1. The van der Waals surface area contributed by atoms with E-state index in [2.05, 4.69) is 36.5 Å². The molecule has 3 aromatic rings. The van der Waals surface area contributed by atoms with Gasteiger partial charge in [0.15, 0.2) is 0 Å². The van der Waals surface area contributed by atoms with Gasteiger partial charge in [-0.25, -0.2) is 0 Å². The lowest BCUT2D eigenvalue weighted by molar-refractivity contribution is 0.0948. The fraction of sp³-hybridized carbons (Fsp3) is 0.136. The third-order valence-electron chi connectivity index (χ3n) is 3.90. The molecule has 0 heterocycles. The third kappa shape index (κ3) is 4.97. The lowest BCUT2D eigenvalue weighted by Gasteiger charge is -2.10. The van der Waals surface area contributed by atoms with Crippen molar-refractivity contribution in [2.45, 2.75) is 24.1 Å². The number of benzene rings is 3. The number of hydrogen-bond donors (Lipinski definition) is 1. The highest BCUT2D eigenvalue weighted by Crippen LogP contribution is 2.26. The maximum Gasteiger partial charge on any atom is 0.252 e. The smallest absolute Gasteiger partial charge is 0.252 e. The average Bonchev–Trinajstić information content (AvgIpc) is 2.65. The van der Waals surface area contributed by atoms with Gasteiger partial charge >= 0.3 is 0 Å². The number of carbonyl (C=O) groups excluding carboxylic acids is 1. The normalized spacial score (nSPS) is 10.4. The van der Waals surface area contributed by atoms with Crippen LogP contribution in [0.5, 0.6) is 0 Å². The average molecular weight is 347 g/mol. The van der Waals surface area contributed by atoms with Gasteiger partial charge in [-0.15, -0.1) is 11.8 Å². The summed E-state index contributed by atoms with van der Waals surface area (Å²) in [5, 5.41) is 3.03. The van der Waals surface area contributed by atoms with Gasteiger partial charge in [-0.05, 0) is 30.2 Å². The van der Waals surface area contributed by atoms with Crippen LogP contribution in [0.1, 0.15) is 27.0 Å². The van der Waals surface area contributed by atoms with Crippen LogP contribution in [0.15, 0.2) is 83.8 Å². The van der Waals surface area contributed by atoms with Crippen LogP contribution >= 0.6 is 11.8 Å². The maximum absolute atomic E-state index is 12.6. The van der Waals surface area contributed by atoms with Gasteiger partial charge in [0.2, 0.25) is 0 Å². The van der Waals surface area contributed by atoms with Crippen LogP contribution in [0.2, 0.25) is 0 Å². The van der Waals surface area contributed by atoms with Gasteiger partial charge in [-0.3, -0.25) is 4.79 Å². The van der Waals surface area contributed by atoms with E-state index in [4.69, 9.17) is 0 Å². The lowest BCUT2D eigenvalue weighted by atomic mass is 10.1. The molecule has 3 heteroatoms. The summed E-state index contributed by atoms with van der Waals surface area (Å²) >= 11 is 1.69. The monoisotopic (exact) mass is 347 g/mol. The van der Waals surface area contributed by atoms with Crippen molar-refractivity contribution in [1.82, 2.24) is 5.32 Å². The van der Waals surface area contributed by atoms with E-state index in [0.29, 0.717) is 6.54 Å². The zero-order chi connectivity index (χ0) is 17.5. The quantitative estimate of drug-likeness (QED) is 0.620. The molecule has 2 nitrogen and oxygen atoms in total. The van der Waals surface area contributed by atoms with Crippen LogP contribution in [0, 0.1) is 6.92 Å². The first-order chi connectivity index (χ1) is 12.2. The Hall–Kier alpha value is -2.52. The molecule has 0 atom stereocenters. The Morgan fingerprint density at radius 2 is 1.60 bits per heavy atom. The van der Waals surface area contributed by atoms with Gasteiger partial charge < -0.3 is 5.32 Å². The molecule has 0 saturated heterocycles. The minimum atomic E-state index is -0.0299. The first-order valence-corrected chi connectivity index (χ1v) is 9.30. The Labute approximate surface area is 153 Å². The van der Waals surface area contributed by atoms with Crippen LogP contribution in [0.4, 0.5) is 0 Å². The summed E-state index contributed by atoms with van der Waals surface area (Å²) in [5.74, 6) is 0.820. The predicted octanol–water partition coefficient (Wildman–Crippen LogP) is 5.22. The molecule has 3 rings (SSSR count). The third-order valence-corrected chi connectivity index (χ3v) is 5.05. The molecule has 0 fully saturated rings. The minimum absolute atomic E-state index is 0.0299. The van der Waals surface area contributed by atoms with E-state index in [0.717, 1.165) is 21.8 Å². The summed E-state index contributed by atoms with van der Waals surface area (Å²) in [7, 11) is 0. The standard InChI is InChI=1S/C22H21NOS/c1-17-8-7-11-19(14-17)15-23-22(24)20-12-5-6-13-21(20)25-16-18-9-3-2-4-10-18/h2-14H,15-16H2,1H3,(H,23,24). The van der Waals surface area contributed by atoms with Gasteiger partial charge in [0.1, 0.15) is 0 Å². The van der Waals surface area contributed by atoms with Crippen LogP contribution < -0.4 is 5.32 Å². The fourth-order valence-corrected chi connectivity index (χ4v) is 3.62. The van der Waals surface area contributed by atoms with E-state index in [-0.39, 0.29) is 5.91 Å². The van der Waals surface area contributed by atoms with Crippen molar-refractivity contribution in [1.29, 1.82) is 0 Å². The molecular formula is C22H21NOS. The number of thioether (sulfide) groups is 1. The van der Waals surface area contributed by atoms with Crippen molar-refractivity contribution >= 4 is 17.7 Å². The van der Waals surface area contributed by atoms with E-state index in [1.54, 1.807) is 11.8 Å². The molecule has 0 aliphatic rings. The number of carbonyl (C=O) groups is 1. The summed E-state index contributed by atoms with van der Waals surface area (Å²) < 4.78 is 0. The van der Waals surface area contributed by atoms with Gasteiger partial charge in [-0.1, -0.05) is 72.3 Å². The van der Waals surface area contributed by atoms with E-state index in [9.17, 15) is 4.79 Å². The number of amides is 1. The van der Waals surface area contributed by atoms with Gasteiger partial charge in [-0.2, -0.15) is 0 Å². The minimum Gasteiger partial charge on any atom is -0.348 e. The molecular weight excluding hydrogens is 326 g/mol. The van der Waals surface area contributed by atoms with E-state index in [1.807, 2.05) is 54.6 Å². The summed E-state index contributed by atoms with van der Waals surface area (Å²) in [4.78, 5) is 13.6. The molecule has 1 amide bonds. The predicted molar refractivity (Wildman–Crippen MR) is 105 cm³/mol. The largest absolute Gasteiger partial charge is 0.348 e. The van der Waals surface area contributed by atoms with Crippen molar-refractivity contribution in [3.05, 3.63) is 101 Å². The molecule has 1 N–H and O–H groups in total. The molecule has 0 aliphatic heterocycles. The van der Waals surface area contributed by atoms with Crippen LogP contribution in [-0.4, -0.2) is 5.91 Å². The molecule has 25 heavy (non-hydrogen) atoms. The van der Waals surface area contributed by atoms with Crippen molar-refractivity contribution in [3.63, 3.8) is 0 Å². The van der Waals surface area contributed by atoms with Gasteiger partial charge in [0, 0.05) is 17.2 Å². The molecule has 126 valence electrons. The zero-order valence-electron chi connectivity index (χ0n) is 14.2. The Bertz CT molecular complexity index is 845. The van der Waals surface area contributed by atoms with E-state index in [1.165, 1.54) is 11.1 Å². The Balaban J connectivity index is 1.66. The number of nitrogens with one attached hydrogen (secondary N) is 1. The highest BCUT2D eigenvalue weighted by atomic mass is 32.2. The van der Waals surface area contributed by atoms with E-state index < -0.39 is 0 Å². The van der Waals surface area contributed by atoms with E-state index >= 15 is 0 Å². The van der Waals surface area contributed by atoms with Crippen molar-refractivity contribution in [2.75, 3.05) is 0 Å². The molecule has 0 radical (unpaired) electrons. The molecule has 0 aromatic heterocycles. The topological polar surface area (TPSA) is 29.1 Å². The highest BCUT2D eigenvalue weighted by molar-refractivity contribution is 7.98. The SMILES string of the molecule is Cc1cccc(CNC(=O)c2ccccc2SCc2ccccc2)c1. The van der Waals surface area contributed by atoms with Crippen molar-refractivity contribution in [2.24, 2.45) is 0 Å². The van der Waals surface area contributed by atoms with Crippen molar-refractivity contribution in [3.8, 4) is 0 Å². The fourth-order valence-electron chi connectivity index (χ4n) is 2.62. The maximum atomic E-state index is 12.6. The second-order valence-corrected chi connectivity index (χ2v) is 6.96. The Morgan fingerprint density at radius 1 is 0.880 bits per heavy atom. The molecule has 0 spiro atoms. The van der Waals surface area contributed by atoms with Crippen LogP contribution in [0.25, 0.3) is 0 Å². The van der Waals surface area contributed by atoms with Gasteiger partial charge in [0.25, 0.3) is 5.91 Å². The summed E-state index contributed by atoms with van der Waals surface area (Å²) in [6.07, 6.45) is 0. The molecule has 0 saturated carbocycles. The molecule has 0 aliphatic carbocycles. The first kappa shape index (κ1) is 17.3.